The zero-order valence-corrected chi connectivity index (χ0v) is 28.9. The van der Waals surface area contributed by atoms with Crippen LogP contribution in [0.2, 0.25) is 0 Å². The number of carboxylic acid groups (broad SMARTS) is 1. The molecule has 10 nitrogen and oxygen atoms in total. The predicted molar refractivity (Wildman–Crippen MR) is 186 cm³/mol. The lowest BCUT2D eigenvalue weighted by Crippen LogP contribution is -2.55. The van der Waals surface area contributed by atoms with Crippen molar-refractivity contribution in [2.24, 2.45) is 23.2 Å². The van der Waals surface area contributed by atoms with Crippen molar-refractivity contribution >= 4 is 35.2 Å². The minimum atomic E-state index is -5.08. The molecule has 4 bridgehead atoms. The quantitative estimate of drug-likeness (QED) is 0.238. The van der Waals surface area contributed by atoms with Crippen molar-refractivity contribution in [1.29, 1.82) is 0 Å². The van der Waals surface area contributed by atoms with Crippen molar-refractivity contribution in [1.82, 2.24) is 15.2 Å². The molecule has 1 aromatic heterocycles. The van der Waals surface area contributed by atoms with Crippen LogP contribution in [0.15, 0.2) is 60.8 Å². The molecule has 9 rings (SSSR count). The number of alkyl halides is 3. The van der Waals surface area contributed by atoms with Crippen LogP contribution in [-0.4, -0.2) is 58.4 Å². The lowest BCUT2D eigenvalue weighted by atomic mass is 9.49. The summed E-state index contributed by atoms with van der Waals surface area (Å²) in [6, 6.07) is 18.0. The van der Waals surface area contributed by atoms with E-state index < -0.39 is 17.6 Å². The summed E-state index contributed by atoms with van der Waals surface area (Å²) in [5.74, 6) is -0.233. The maximum absolute atomic E-state index is 14.6. The first kappa shape index (κ1) is 35.6. The molecular weight excluding hydrogens is 675 g/mol. The van der Waals surface area contributed by atoms with Gasteiger partial charge in [-0.2, -0.15) is 13.2 Å². The van der Waals surface area contributed by atoms with E-state index in [-0.39, 0.29) is 29.7 Å². The van der Waals surface area contributed by atoms with E-state index in [0.717, 1.165) is 47.1 Å². The molecule has 4 saturated carbocycles. The molecule has 4 N–H and O–H groups in total. The van der Waals surface area contributed by atoms with Crippen molar-refractivity contribution < 1.29 is 37.5 Å². The Hall–Kier alpha value is -4.78. The summed E-state index contributed by atoms with van der Waals surface area (Å²) in [5, 5.41) is 16.4. The Labute approximate surface area is 299 Å². The number of pyridine rings is 1. The van der Waals surface area contributed by atoms with E-state index in [1.165, 1.54) is 19.3 Å². The molecule has 6 aliphatic rings. The number of carbonyl (C=O) groups excluding carboxylic acids is 3. The maximum Gasteiger partial charge on any atom is 0.490 e. The highest BCUT2D eigenvalue weighted by Crippen LogP contribution is 2.60. The number of hydrogen-bond acceptors (Lipinski definition) is 6. The van der Waals surface area contributed by atoms with E-state index in [2.05, 4.69) is 33.1 Å². The number of aliphatic carboxylic acids is 1. The van der Waals surface area contributed by atoms with Gasteiger partial charge < -0.3 is 26.0 Å². The summed E-state index contributed by atoms with van der Waals surface area (Å²) < 4.78 is 31.7. The van der Waals surface area contributed by atoms with Gasteiger partial charge in [0.05, 0.1) is 10.8 Å². The molecule has 3 amide bonds. The summed E-state index contributed by atoms with van der Waals surface area (Å²) in [4.78, 5) is 56.6. The second-order valence-electron chi connectivity index (χ2n) is 15.3. The first-order valence-corrected chi connectivity index (χ1v) is 17.8. The second-order valence-corrected chi connectivity index (χ2v) is 15.3. The van der Waals surface area contributed by atoms with Gasteiger partial charge in [-0.05, 0) is 117 Å². The van der Waals surface area contributed by atoms with Crippen LogP contribution in [0.3, 0.4) is 0 Å². The number of carbonyl (C=O) groups is 4. The Kier molecular flexibility index (Phi) is 9.35. The number of benzene rings is 2. The predicted octanol–water partition coefficient (Wildman–Crippen LogP) is 5.61. The Bertz CT molecular complexity index is 1880. The van der Waals surface area contributed by atoms with Crippen LogP contribution >= 0.6 is 0 Å². The number of halogens is 3. The van der Waals surface area contributed by atoms with E-state index in [4.69, 9.17) is 9.90 Å². The fourth-order valence-electron chi connectivity index (χ4n) is 9.91. The minimum Gasteiger partial charge on any atom is -0.475 e. The summed E-state index contributed by atoms with van der Waals surface area (Å²) in [7, 11) is 1.93. The molecule has 0 unspecified atom stereocenters. The smallest absolute Gasteiger partial charge is 0.475 e. The van der Waals surface area contributed by atoms with Crippen LogP contribution in [0.1, 0.15) is 66.3 Å². The van der Waals surface area contributed by atoms with E-state index in [0.29, 0.717) is 55.2 Å². The molecule has 0 radical (unpaired) electrons. The summed E-state index contributed by atoms with van der Waals surface area (Å²) in [5.41, 5.74) is 5.03. The van der Waals surface area contributed by atoms with Gasteiger partial charge in [0.2, 0.25) is 17.7 Å². The first-order chi connectivity index (χ1) is 24.8. The van der Waals surface area contributed by atoms with Crippen LogP contribution in [0.4, 0.5) is 24.7 Å². The Morgan fingerprint density at radius 3 is 2.21 bits per heavy atom. The number of carboxylic acids is 1. The molecule has 2 heterocycles. The Morgan fingerprint density at radius 1 is 0.942 bits per heavy atom. The maximum atomic E-state index is 14.6. The topological polar surface area (TPSA) is 141 Å². The molecule has 2 aromatic carbocycles. The van der Waals surface area contributed by atoms with Gasteiger partial charge in [0.15, 0.2) is 0 Å². The standard InChI is InChI=1S/C37H41N5O3.C2HF3O2/c1-38-20-27-5-2-3-6-28(27)21-42(35(45)36-15-23-11-24(16-36)13-25(12-23)17-36)22-32(43)40-30-9-8-26-18-37(19-29(26)14-30)31-7-4-10-39-33(31)41-34(37)44;3-2(4,5)1(6)7/h2-10,14,23-25,38H,11-13,15-22H2,1H3,(H,40,43)(H,39,41,44);(H,6,7)/t23?,24?,25?,36?,37-;/m1./s1. The van der Waals surface area contributed by atoms with Gasteiger partial charge in [-0.15, -0.1) is 0 Å². The molecule has 274 valence electrons. The number of hydrogen-bond donors (Lipinski definition) is 4. The van der Waals surface area contributed by atoms with Gasteiger partial charge in [-0.25, -0.2) is 9.78 Å². The molecule has 1 atom stereocenters. The monoisotopic (exact) mass is 717 g/mol. The zero-order valence-electron chi connectivity index (χ0n) is 28.9. The highest BCUT2D eigenvalue weighted by Gasteiger charge is 2.56. The minimum absolute atomic E-state index is 0.0109. The van der Waals surface area contributed by atoms with E-state index in [9.17, 15) is 27.6 Å². The zero-order chi connectivity index (χ0) is 36.8. The number of aromatic nitrogens is 1. The third-order valence-electron chi connectivity index (χ3n) is 11.7. The molecule has 13 heteroatoms. The average molecular weight is 718 g/mol. The van der Waals surface area contributed by atoms with Crippen LogP contribution in [0, 0.1) is 23.2 Å². The van der Waals surface area contributed by atoms with Crippen molar-refractivity contribution in [3.63, 3.8) is 0 Å². The number of anilines is 2. The molecule has 3 aromatic rings. The normalized spacial score (nSPS) is 26.2. The SMILES string of the molecule is CNCc1ccccc1CN(CC(=O)Nc1ccc2c(c1)C[C@@]1(C2)C(=O)Nc2ncccc21)C(=O)C12CC3CC(CC(C3)C1)C2.O=C(O)C(F)(F)F. The largest absolute Gasteiger partial charge is 0.490 e. The molecular formula is C39H42F3N5O5. The molecule has 52 heavy (non-hydrogen) atoms. The van der Waals surface area contributed by atoms with Gasteiger partial charge in [-0.3, -0.25) is 14.4 Å². The number of fused-ring (bicyclic) bond motifs is 3. The van der Waals surface area contributed by atoms with Crippen LogP contribution in [0.25, 0.3) is 0 Å². The third-order valence-corrected chi connectivity index (χ3v) is 11.7. The van der Waals surface area contributed by atoms with Crippen molar-refractivity contribution in [3.05, 3.63) is 88.6 Å². The average Bonchev–Trinajstić information content (AvgIpc) is 3.60. The van der Waals surface area contributed by atoms with Gasteiger partial charge in [0, 0.05) is 30.5 Å². The molecule has 0 saturated heterocycles. The van der Waals surface area contributed by atoms with Crippen molar-refractivity contribution in [3.8, 4) is 0 Å². The van der Waals surface area contributed by atoms with E-state index in [1.807, 2.05) is 54.4 Å². The van der Waals surface area contributed by atoms with Crippen molar-refractivity contribution in [2.45, 2.75) is 76.0 Å². The molecule has 5 aliphatic carbocycles. The fourth-order valence-corrected chi connectivity index (χ4v) is 9.91. The number of nitrogens with zero attached hydrogens (tertiary/aromatic N) is 2. The number of rotatable bonds is 8. The Balaban J connectivity index is 0.000000548. The Morgan fingerprint density at radius 2 is 1.58 bits per heavy atom. The lowest BCUT2D eigenvalue weighted by molar-refractivity contribution is -0.192. The third kappa shape index (κ3) is 6.78. The summed E-state index contributed by atoms with van der Waals surface area (Å²) in [6.07, 6.45) is 4.48. The van der Waals surface area contributed by atoms with Crippen LogP contribution in [0.5, 0.6) is 0 Å². The molecule has 4 fully saturated rings. The second kappa shape index (κ2) is 13.6. The molecule has 1 spiro atoms. The summed E-state index contributed by atoms with van der Waals surface area (Å²) in [6.45, 7) is 1.13. The number of amides is 3. The van der Waals surface area contributed by atoms with Crippen molar-refractivity contribution in [2.75, 3.05) is 24.2 Å². The van der Waals surface area contributed by atoms with Crippen LogP contribution < -0.4 is 16.0 Å². The van der Waals surface area contributed by atoms with Crippen LogP contribution in [-0.2, 0) is 50.5 Å². The van der Waals surface area contributed by atoms with Gasteiger partial charge >= 0.3 is 12.1 Å². The highest BCUT2D eigenvalue weighted by atomic mass is 19.4. The highest BCUT2D eigenvalue weighted by molar-refractivity contribution is 6.06. The molecule has 1 aliphatic heterocycles. The fraction of sp³-hybridized carbons (Fsp3) is 0.462. The van der Waals surface area contributed by atoms with Gasteiger partial charge in [-0.1, -0.05) is 36.4 Å². The van der Waals surface area contributed by atoms with E-state index >= 15 is 0 Å². The van der Waals surface area contributed by atoms with Gasteiger partial charge in [0.1, 0.15) is 12.4 Å². The van der Waals surface area contributed by atoms with Gasteiger partial charge in [0.25, 0.3) is 0 Å². The number of nitrogens with one attached hydrogen (secondary N) is 3. The van der Waals surface area contributed by atoms with E-state index in [1.54, 1.807) is 6.20 Å². The first-order valence-electron chi connectivity index (χ1n) is 17.8. The lowest BCUT2D eigenvalue weighted by Gasteiger charge is -2.56. The summed E-state index contributed by atoms with van der Waals surface area (Å²) >= 11 is 0.